The molecule has 1 saturated heterocycles. The number of rotatable bonds is 6. The SMILES string of the molecule is Cl.O=C(CNCC1CC1)Nc1ccc(N2CCNC2=O)cc1. The zero-order chi connectivity index (χ0) is 14.7. The van der Waals surface area contributed by atoms with Gasteiger partial charge in [-0.1, -0.05) is 0 Å². The van der Waals surface area contributed by atoms with Gasteiger partial charge in [0.15, 0.2) is 0 Å². The standard InChI is InChI=1S/C15H20N4O2.ClH/c20-14(10-16-9-11-1-2-11)18-12-3-5-13(6-4-12)19-8-7-17-15(19)21;/h3-6,11,16H,1-2,7-10H2,(H,17,21)(H,18,20);1H. The maximum atomic E-state index is 11.8. The van der Waals surface area contributed by atoms with E-state index in [1.54, 1.807) is 4.90 Å². The molecule has 0 unspecified atom stereocenters. The second kappa shape index (κ2) is 7.47. The van der Waals surface area contributed by atoms with Crippen molar-refractivity contribution in [3.05, 3.63) is 24.3 Å². The van der Waals surface area contributed by atoms with Crippen LogP contribution in [0.25, 0.3) is 0 Å². The van der Waals surface area contributed by atoms with Crippen LogP contribution >= 0.6 is 12.4 Å². The van der Waals surface area contributed by atoms with Gasteiger partial charge in [0, 0.05) is 24.5 Å². The van der Waals surface area contributed by atoms with E-state index in [1.807, 2.05) is 24.3 Å². The summed E-state index contributed by atoms with van der Waals surface area (Å²) in [5.41, 5.74) is 1.59. The average Bonchev–Trinajstić information content (AvgIpc) is 3.20. The molecule has 1 aliphatic carbocycles. The van der Waals surface area contributed by atoms with Crippen LogP contribution in [0.2, 0.25) is 0 Å². The van der Waals surface area contributed by atoms with Gasteiger partial charge in [-0.25, -0.2) is 4.79 Å². The molecule has 2 aliphatic rings. The molecule has 1 aliphatic heterocycles. The van der Waals surface area contributed by atoms with E-state index in [1.165, 1.54) is 12.8 Å². The van der Waals surface area contributed by atoms with Crippen LogP contribution in [0.3, 0.4) is 0 Å². The lowest BCUT2D eigenvalue weighted by atomic mass is 10.2. The Hall–Kier alpha value is -1.79. The number of anilines is 2. The van der Waals surface area contributed by atoms with E-state index < -0.39 is 0 Å². The number of amides is 3. The summed E-state index contributed by atoms with van der Waals surface area (Å²) in [6, 6.07) is 7.26. The minimum Gasteiger partial charge on any atom is -0.336 e. The van der Waals surface area contributed by atoms with Gasteiger partial charge in [-0.2, -0.15) is 0 Å². The van der Waals surface area contributed by atoms with Gasteiger partial charge >= 0.3 is 6.03 Å². The zero-order valence-electron chi connectivity index (χ0n) is 12.3. The molecule has 0 spiro atoms. The molecule has 2 fully saturated rings. The maximum absolute atomic E-state index is 11.8. The molecule has 22 heavy (non-hydrogen) atoms. The largest absolute Gasteiger partial charge is 0.336 e. The van der Waals surface area contributed by atoms with Gasteiger partial charge in [-0.05, 0) is 49.6 Å². The quantitative estimate of drug-likeness (QED) is 0.744. The zero-order valence-corrected chi connectivity index (χ0v) is 13.1. The highest BCUT2D eigenvalue weighted by Crippen LogP contribution is 2.27. The molecule has 3 amide bonds. The maximum Gasteiger partial charge on any atom is 0.321 e. The number of carbonyl (C=O) groups is 2. The van der Waals surface area contributed by atoms with Gasteiger partial charge in [0.05, 0.1) is 6.54 Å². The highest BCUT2D eigenvalue weighted by molar-refractivity contribution is 5.95. The van der Waals surface area contributed by atoms with E-state index in [-0.39, 0.29) is 24.3 Å². The highest BCUT2D eigenvalue weighted by atomic mass is 35.5. The summed E-state index contributed by atoms with van der Waals surface area (Å²) in [5.74, 6) is 0.728. The van der Waals surface area contributed by atoms with Crippen LogP contribution in [-0.2, 0) is 4.79 Å². The lowest BCUT2D eigenvalue weighted by Crippen LogP contribution is -2.29. The van der Waals surface area contributed by atoms with Gasteiger partial charge in [0.2, 0.25) is 5.91 Å². The van der Waals surface area contributed by atoms with Crippen molar-refractivity contribution in [1.82, 2.24) is 10.6 Å². The summed E-state index contributed by atoms with van der Waals surface area (Å²) in [5, 5.41) is 8.76. The van der Waals surface area contributed by atoms with Gasteiger partial charge in [0.1, 0.15) is 0 Å². The number of nitrogens with one attached hydrogen (secondary N) is 3. The minimum absolute atomic E-state index is 0. The minimum atomic E-state index is -0.0731. The molecule has 0 aromatic heterocycles. The van der Waals surface area contributed by atoms with Crippen LogP contribution in [0.15, 0.2) is 24.3 Å². The molecule has 0 radical (unpaired) electrons. The van der Waals surface area contributed by atoms with E-state index in [2.05, 4.69) is 16.0 Å². The molecule has 0 atom stereocenters. The van der Waals surface area contributed by atoms with E-state index in [9.17, 15) is 9.59 Å². The summed E-state index contributed by atoms with van der Waals surface area (Å²) < 4.78 is 0. The first-order chi connectivity index (χ1) is 10.2. The number of hydrogen-bond acceptors (Lipinski definition) is 3. The smallest absolute Gasteiger partial charge is 0.321 e. The van der Waals surface area contributed by atoms with Crippen LogP contribution < -0.4 is 20.9 Å². The van der Waals surface area contributed by atoms with Gasteiger partial charge < -0.3 is 16.0 Å². The fourth-order valence-electron chi connectivity index (χ4n) is 2.36. The first-order valence-electron chi connectivity index (χ1n) is 7.38. The second-order valence-corrected chi connectivity index (χ2v) is 5.55. The second-order valence-electron chi connectivity index (χ2n) is 5.55. The molecular formula is C15H21ClN4O2. The van der Waals surface area contributed by atoms with Crippen molar-refractivity contribution >= 4 is 35.7 Å². The first-order valence-corrected chi connectivity index (χ1v) is 7.38. The lowest BCUT2D eigenvalue weighted by molar-refractivity contribution is -0.115. The van der Waals surface area contributed by atoms with Crippen molar-refractivity contribution in [2.45, 2.75) is 12.8 Å². The summed E-state index contributed by atoms with van der Waals surface area (Å²) in [6.45, 7) is 2.61. The van der Waals surface area contributed by atoms with Crippen molar-refractivity contribution in [2.75, 3.05) is 36.4 Å². The molecule has 1 saturated carbocycles. The Morgan fingerprint density at radius 1 is 1.27 bits per heavy atom. The van der Waals surface area contributed by atoms with Crippen LogP contribution in [0, 0.1) is 5.92 Å². The van der Waals surface area contributed by atoms with Crippen molar-refractivity contribution < 1.29 is 9.59 Å². The van der Waals surface area contributed by atoms with Crippen LogP contribution in [0.1, 0.15) is 12.8 Å². The molecule has 3 N–H and O–H groups in total. The molecule has 1 heterocycles. The fraction of sp³-hybridized carbons (Fsp3) is 0.467. The first kappa shape index (κ1) is 16.6. The highest BCUT2D eigenvalue weighted by Gasteiger charge is 2.21. The number of benzene rings is 1. The number of halogens is 1. The topological polar surface area (TPSA) is 73.5 Å². The normalized spacial score (nSPS) is 16.9. The van der Waals surface area contributed by atoms with Crippen molar-refractivity contribution in [2.24, 2.45) is 5.92 Å². The molecule has 1 aromatic carbocycles. The third-order valence-corrected chi connectivity index (χ3v) is 3.74. The molecular weight excluding hydrogens is 304 g/mol. The van der Waals surface area contributed by atoms with Crippen LogP contribution in [0.4, 0.5) is 16.2 Å². The summed E-state index contributed by atoms with van der Waals surface area (Å²) in [4.78, 5) is 25.0. The molecule has 3 rings (SSSR count). The number of urea groups is 1. The Bertz CT molecular complexity index is 531. The van der Waals surface area contributed by atoms with Gasteiger partial charge in [-0.3, -0.25) is 9.69 Å². The third-order valence-electron chi connectivity index (χ3n) is 3.74. The van der Waals surface area contributed by atoms with Gasteiger partial charge in [0.25, 0.3) is 0 Å². The average molecular weight is 325 g/mol. The lowest BCUT2D eigenvalue weighted by Gasteiger charge is -2.14. The molecule has 120 valence electrons. The summed E-state index contributed by atoms with van der Waals surface area (Å²) >= 11 is 0. The van der Waals surface area contributed by atoms with Crippen LogP contribution in [0.5, 0.6) is 0 Å². The van der Waals surface area contributed by atoms with E-state index in [4.69, 9.17) is 0 Å². The Balaban J connectivity index is 0.00000176. The van der Waals surface area contributed by atoms with E-state index in [0.717, 1.165) is 23.8 Å². The van der Waals surface area contributed by atoms with Crippen LogP contribution in [-0.4, -0.2) is 38.1 Å². The Morgan fingerprint density at radius 2 is 2.00 bits per heavy atom. The third kappa shape index (κ3) is 4.35. The Kier molecular flexibility index (Phi) is 5.63. The number of nitrogens with zero attached hydrogens (tertiary/aromatic N) is 1. The molecule has 7 heteroatoms. The summed E-state index contributed by atoms with van der Waals surface area (Å²) in [6.07, 6.45) is 2.56. The van der Waals surface area contributed by atoms with E-state index >= 15 is 0 Å². The predicted octanol–water partition coefficient (Wildman–Crippen LogP) is 1.58. The Labute approximate surface area is 136 Å². The van der Waals surface area contributed by atoms with Crippen molar-refractivity contribution in [3.8, 4) is 0 Å². The van der Waals surface area contributed by atoms with Crippen molar-refractivity contribution in [1.29, 1.82) is 0 Å². The number of hydrogen-bond donors (Lipinski definition) is 3. The fourth-order valence-corrected chi connectivity index (χ4v) is 2.36. The van der Waals surface area contributed by atoms with Gasteiger partial charge in [-0.15, -0.1) is 12.4 Å². The Morgan fingerprint density at radius 3 is 2.59 bits per heavy atom. The molecule has 1 aromatic rings. The number of carbonyl (C=O) groups excluding carboxylic acids is 2. The van der Waals surface area contributed by atoms with E-state index in [0.29, 0.717) is 19.6 Å². The van der Waals surface area contributed by atoms with Crippen molar-refractivity contribution in [3.63, 3.8) is 0 Å². The summed E-state index contributed by atoms with van der Waals surface area (Å²) in [7, 11) is 0. The molecule has 6 nitrogen and oxygen atoms in total. The predicted molar refractivity (Wildman–Crippen MR) is 88.7 cm³/mol. The molecule has 0 bridgehead atoms. The monoisotopic (exact) mass is 324 g/mol.